The molecule has 0 aromatic rings. The summed E-state index contributed by atoms with van der Waals surface area (Å²) in [7, 11) is 0. The molecule has 0 aliphatic carbocycles. The molecule has 0 bridgehead atoms. The van der Waals surface area contributed by atoms with Crippen molar-refractivity contribution in [2.45, 2.75) is 125 Å². The van der Waals surface area contributed by atoms with Crippen LogP contribution in [0, 0.1) is 16.2 Å². The Kier molecular flexibility index (Phi) is 8.60. The summed E-state index contributed by atoms with van der Waals surface area (Å²) in [6.07, 6.45) is 5.00. The van der Waals surface area contributed by atoms with Crippen molar-refractivity contribution in [3.63, 3.8) is 0 Å². The largest absolute Gasteiger partial charge is 0.462 e. The molecule has 5 nitrogen and oxygen atoms in total. The molecule has 0 spiro atoms. The van der Waals surface area contributed by atoms with E-state index < -0.39 is 0 Å². The van der Waals surface area contributed by atoms with Crippen LogP contribution in [0.2, 0.25) is 0 Å². The van der Waals surface area contributed by atoms with E-state index in [1.165, 1.54) is 6.92 Å². The number of carbonyl (C=O) groups is 2. The smallest absolute Gasteiger partial charge is 0.302 e. The Bertz CT molecular complexity index is 596. The predicted octanol–water partition coefficient (Wildman–Crippen LogP) is 5.31. The van der Waals surface area contributed by atoms with Crippen LogP contribution >= 0.6 is 0 Å². The minimum absolute atomic E-state index is 0.0241. The zero-order chi connectivity index (χ0) is 23.5. The average Bonchev–Trinajstić information content (AvgIpc) is 2.73. The summed E-state index contributed by atoms with van der Waals surface area (Å²) in [5.74, 6) is 0.00357. The van der Waals surface area contributed by atoms with Crippen molar-refractivity contribution >= 4 is 11.9 Å². The number of esters is 1. The van der Waals surface area contributed by atoms with Crippen molar-refractivity contribution in [1.29, 1.82) is 0 Å². The molecule has 2 N–H and O–H groups in total. The Balaban J connectivity index is 3.33. The van der Waals surface area contributed by atoms with Crippen LogP contribution < -0.4 is 5.73 Å². The van der Waals surface area contributed by atoms with Gasteiger partial charge in [-0.1, -0.05) is 54.9 Å². The van der Waals surface area contributed by atoms with Crippen molar-refractivity contribution in [3.8, 4) is 0 Å². The third-order valence-electron chi connectivity index (χ3n) is 7.25. The molecule has 2 unspecified atom stereocenters. The fourth-order valence-electron chi connectivity index (χ4n) is 4.49. The Morgan fingerprint density at radius 1 is 1.00 bits per heavy atom. The van der Waals surface area contributed by atoms with Gasteiger partial charge in [-0.15, -0.1) is 0 Å². The highest BCUT2D eigenvalue weighted by Crippen LogP contribution is 2.50. The highest BCUT2D eigenvalue weighted by molar-refractivity contribution is 5.76. The second-order valence-corrected chi connectivity index (χ2v) is 12.4. The minimum atomic E-state index is -0.385. The molecule has 1 heterocycles. The first kappa shape index (κ1) is 26.9. The summed E-state index contributed by atoms with van der Waals surface area (Å²) < 4.78 is 5.77. The van der Waals surface area contributed by atoms with Gasteiger partial charge in [-0.05, 0) is 55.8 Å². The number of carbonyl (C=O) groups excluding carboxylic acids is 2. The SMILES string of the molecule is CC(=O)OC(CC(C)(C)C(C)(C)C(CC(C)(C)N)N1CCCCCC1=O)C(C)(C)C. The number of nitrogens with zero attached hydrogens (tertiary/aromatic N) is 1. The number of hydrogen-bond donors (Lipinski definition) is 1. The fraction of sp³-hybridized carbons (Fsp3) is 0.920. The van der Waals surface area contributed by atoms with Crippen LogP contribution in [0.3, 0.4) is 0 Å². The van der Waals surface area contributed by atoms with E-state index in [9.17, 15) is 9.59 Å². The number of likely N-dealkylation sites (tertiary alicyclic amines) is 1. The molecule has 1 rings (SSSR count). The lowest BCUT2D eigenvalue weighted by Gasteiger charge is -2.53. The Morgan fingerprint density at radius 2 is 1.57 bits per heavy atom. The predicted molar refractivity (Wildman–Crippen MR) is 124 cm³/mol. The zero-order valence-electron chi connectivity index (χ0n) is 21.4. The molecule has 30 heavy (non-hydrogen) atoms. The van der Waals surface area contributed by atoms with E-state index in [4.69, 9.17) is 10.5 Å². The highest BCUT2D eigenvalue weighted by Gasteiger charge is 2.50. The van der Waals surface area contributed by atoms with Crippen LogP contribution in [0.4, 0.5) is 0 Å². The third-order valence-corrected chi connectivity index (χ3v) is 7.25. The Labute approximate surface area is 185 Å². The van der Waals surface area contributed by atoms with Crippen molar-refractivity contribution in [2.75, 3.05) is 6.54 Å². The van der Waals surface area contributed by atoms with E-state index in [-0.39, 0.29) is 45.8 Å². The zero-order valence-corrected chi connectivity index (χ0v) is 21.4. The van der Waals surface area contributed by atoms with E-state index in [0.717, 1.165) is 38.6 Å². The summed E-state index contributed by atoms with van der Waals surface area (Å²) in [6, 6.07) is 0.0241. The average molecular weight is 425 g/mol. The molecule has 0 saturated carbocycles. The van der Waals surface area contributed by atoms with Crippen LogP contribution in [0.5, 0.6) is 0 Å². The molecule has 0 radical (unpaired) electrons. The molecule has 1 aliphatic rings. The van der Waals surface area contributed by atoms with Gasteiger partial charge in [-0.25, -0.2) is 0 Å². The van der Waals surface area contributed by atoms with Crippen molar-refractivity contribution < 1.29 is 14.3 Å². The van der Waals surface area contributed by atoms with Crippen LogP contribution in [0.25, 0.3) is 0 Å². The van der Waals surface area contributed by atoms with Crippen LogP contribution in [-0.4, -0.2) is 41.0 Å². The lowest BCUT2D eigenvalue weighted by molar-refractivity contribution is -0.157. The van der Waals surface area contributed by atoms with Gasteiger partial charge in [0.15, 0.2) is 0 Å². The summed E-state index contributed by atoms with van der Waals surface area (Å²) in [6.45, 7) is 21.7. The van der Waals surface area contributed by atoms with Crippen LogP contribution in [0.15, 0.2) is 0 Å². The van der Waals surface area contributed by atoms with Gasteiger partial charge in [0.1, 0.15) is 6.10 Å². The number of rotatable bonds is 8. The van der Waals surface area contributed by atoms with E-state index in [0.29, 0.717) is 6.42 Å². The molecule has 1 saturated heterocycles. The first-order valence-electron chi connectivity index (χ1n) is 11.6. The van der Waals surface area contributed by atoms with Gasteiger partial charge in [-0.2, -0.15) is 0 Å². The molecular weight excluding hydrogens is 376 g/mol. The highest BCUT2D eigenvalue weighted by atomic mass is 16.5. The van der Waals surface area contributed by atoms with Gasteiger partial charge in [0, 0.05) is 31.5 Å². The van der Waals surface area contributed by atoms with Gasteiger partial charge >= 0.3 is 5.97 Å². The maximum absolute atomic E-state index is 13.1. The second kappa shape index (κ2) is 9.58. The first-order chi connectivity index (χ1) is 13.4. The van der Waals surface area contributed by atoms with Gasteiger partial charge < -0.3 is 15.4 Å². The number of amides is 1. The van der Waals surface area contributed by atoms with Crippen molar-refractivity contribution in [1.82, 2.24) is 4.90 Å². The van der Waals surface area contributed by atoms with Crippen LogP contribution in [-0.2, 0) is 14.3 Å². The molecule has 1 amide bonds. The maximum Gasteiger partial charge on any atom is 0.302 e. The normalized spacial score (nSPS) is 19.3. The number of nitrogens with two attached hydrogens (primary N) is 1. The molecule has 1 fully saturated rings. The number of hydrogen-bond acceptors (Lipinski definition) is 4. The van der Waals surface area contributed by atoms with Crippen molar-refractivity contribution in [3.05, 3.63) is 0 Å². The Morgan fingerprint density at radius 3 is 2.03 bits per heavy atom. The van der Waals surface area contributed by atoms with Crippen molar-refractivity contribution in [2.24, 2.45) is 22.0 Å². The molecule has 5 heteroatoms. The quantitative estimate of drug-likeness (QED) is 0.536. The molecule has 1 aliphatic heterocycles. The monoisotopic (exact) mass is 424 g/mol. The lowest BCUT2D eigenvalue weighted by atomic mass is 9.58. The van der Waals surface area contributed by atoms with Gasteiger partial charge in [-0.3, -0.25) is 9.59 Å². The maximum atomic E-state index is 13.1. The molecule has 2 atom stereocenters. The minimum Gasteiger partial charge on any atom is -0.462 e. The lowest BCUT2D eigenvalue weighted by Crippen LogP contribution is -2.58. The second-order valence-electron chi connectivity index (χ2n) is 12.4. The molecule has 0 aromatic heterocycles. The number of ether oxygens (including phenoxy) is 1. The first-order valence-corrected chi connectivity index (χ1v) is 11.6. The topological polar surface area (TPSA) is 72.6 Å². The summed E-state index contributed by atoms with van der Waals surface area (Å²) in [4.78, 5) is 27.0. The standard InChI is InChI=1S/C25H48N2O3/c1-18(28)30-20(22(2,3)4)17-23(5,6)25(9,10)19(16-24(7,8)26)27-15-13-11-12-14-21(27)29/h19-20H,11-17,26H2,1-10H3. The summed E-state index contributed by atoms with van der Waals surface area (Å²) in [5, 5.41) is 0. The summed E-state index contributed by atoms with van der Waals surface area (Å²) in [5.41, 5.74) is 5.52. The van der Waals surface area contributed by atoms with Crippen LogP contribution in [0.1, 0.15) is 108 Å². The molecular formula is C25H48N2O3. The molecule has 176 valence electrons. The Hall–Kier alpha value is -1.10. The van der Waals surface area contributed by atoms with E-state index in [1.807, 2.05) is 13.8 Å². The van der Waals surface area contributed by atoms with E-state index >= 15 is 0 Å². The van der Waals surface area contributed by atoms with Gasteiger partial charge in [0.2, 0.25) is 5.91 Å². The molecule has 0 aromatic carbocycles. The fourth-order valence-corrected chi connectivity index (χ4v) is 4.49. The van der Waals surface area contributed by atoms with E-state index in [1.54, 1.807) is 0 Å². The van der Waals surface area contributed by atoms with E-state index in [2.05, 4.69) is 53.4 Å². The van der Waals surface area contributed by atoms with Gasteiger partial charge in [0.25, 0.3) is 0 Å². The summed E-state index contributed by atoms with van der Waals surface area (Å²) >= 11 is 0. The third kappa shape index (κ3) is 7.25. The van der Waals surface area contributed by atoms with Gasteiger partial charge in [0.05, 0.1) is 0 Å².